The van der Waals surface area contributed by atoms with Crippen LogP contribution in [0.2, 0.25) is 0 Å². The first-order chi connectivity index (χ1) is 17.2. The molecule has 3 N–H and O–H groups in total. The lowest BCUT2D eigenvalue weighted by Gasteiger charge is -2.24. The fourth-order valence-corrected chi connectivity index (χ4v) is 4.25. The van der Waals surface area contributed by atoms with Crippen molar-refractivity contribution >= 4 is 29.3 Å². The molecule has 0 spiro atoms. The number of carboxylic acid groups (broad SMARTS) is 1. The zero-order valence-electron chi connectivity index (χ0n) is 20.1. The molecule has 0 bridgehead atoms. The summed E-state index contributed by atoms with van der Waals surface area (Å²) in [6.07, 6.45) is 1.16. The Morgan fingerprint density at radius 1 is 0.944 bits per heavy atom. The van der Waals surface area contributed by atoms with Gasteiger partial charge >= 0.3 is 12.0 Å². The van der Waals surface area contributed by atoms with Gasteiger partial charge in [0.25, 0.3) is 0 Å². The largest absolute Gasteiger partial charge is 0.478 e. The smallest absolute Gasteiger partial charge is 0.335 e. The van der Waals surface area contributed by atoms with E-state index < -0.39 is 23.7 Å². The monoisotopic (exact) mass is 489 g/mol. The molecule has 3 amide bonds. The number of benzene rings is 3. The second-order valence-corrected chi connectivity index (χ2v) is 9.12. The summed E-state index contributed by atoms with van der Waals surface area (Å²) in [6.45, 7) is 4.62. The first kappa shape index (κ1) is 24.9. The molecule has 1 fully saturated rings. The molecule has 1 aliphatic rings. The Hall–Kier alpha value is -4.20. The Labute approximate surface area is 208 Å². The maximum atomic E-state index is 14.8. The molecule has 0 unspecified atom stereocenters. The highest BCUT2D eigenvalue weighted by Crippen LogP contribution is 2.27. The van der Waals surface area contributed by atoms with Crippen molar-refractivity contribution in [2.24, 2.45) is 0 Å². The Bertz CT molecular complexity index is 1270. The molecule has 1 atom stereocenters. The van der Waals surface area contributed by atoms with Crippen molar-refractivity contribution in [2.45, 2.75) is 38.6 Å². The molecule has 1 heterocycles. The molecule has 3 aromatic rings. The minimum atomic E-state index is -1.04. The SMILES string of the molecule is CC(C)c1ccc(NC(=O)N2CCC[C@H]2C(=O)Nc2ccc(-c3ccc(C(=O)O)cc3)cc2F)cc1. The number of hydrogen-bond donors (Lipinski definition) is 3. The van der Waals surface area contributed by atoms with Gasteiger partial charge in [0.15, 0.2) is 0 Å². The molecule has 0 saturated carbocycles. The highest BCUT2D eigenvalue weighted by atomic mass is 19.1. The van der Waals surface area contributed by atoms with Crippen LogP contribution in [0.25, 0.3) is 11.1 Å². The zero-order chi connectivity index (χ0) is 25.8. The van der Waals surface area contributed by atoms with Crippen molar-refractivity contribution in [3.8, 4) is 11.1 Å². The predicted octanol–water partition coefficient (Wildman–Crippen LogP) is 5.95. The maximum Gasteiger partial charge on any atom is 0.335 e. The number of rotatable bonds is 6. The lowest BCUT2D eigenvalue weighted by molar-refractivity contribution is -0.119. The van der Waals surface area contributed by atoms with Crippen molar-refractivity contribution in [3.63, 3.8) is 0 Å². The summed E-state index contributed by atoms with van der Waals surface area (Å²) < 4.78 is 14.8. The molecule has 0 radical (unpaired) electrons. The number of carboxylic acids is 1. The number of urea groups is 1. The second kappa shape index (κ2) is 10.6. The van der Waals surface area contributed by atoms with Gasteiger partial charge in [0.05, 0.1) is 11.3 Å². The highest BCUT2D eigenvalue weighted by molar-refractivity contribution is 5.99. The number of anilines is 2. The van der Waals surface area contributed by atoms with Gasteiger partial charge < -0.3 is 20.6 Å². The van der Waals surface area contributed by atoms with Crippen LogP contribution in [0.5, 0.6) is 0 Å². The summed E-state index contributed by atoms with van der Waals surface area (Å²) in [7, 11) is 0. The van der Waals surface area contributed by atoms with Crippen molar-refractivity contribution in [1.82, 2.24) is 4.90 Å². The minimum Gasteiger partial charge on any atom is -0.478 e. The molecule has 8 heteroatoms. The number of likely N-dealkylation sites (tertiary alicyclic amines) is 1. The topological polar surface area (TPSA) is 98.7 Å². The van der Waals surface area contributed by atoms with Crippen molar-refractivity contribution in [3.05, 3.63) is 83.7 Å². The second-order valence-electron chi connectivity index (χ2n) is 9.12. The Morgan fingerprint density at radius 2 is 1.61 bits per heavy atom. The van der Waals surface area contributed by atoms with E-state index in [1.165, 1.54) is 29.2 Å². The molecule has 1 aliphatic heterocycles. The molecule has 36 heavy (non-hydrogen) atoms. The third kappa shape index (κ3) is 5.54. The maximum absolute atomic E-state index is 14.8. The number of aromatic carboxylic acids is 1. The van der Waals surface area contributed by atoms with E-state index >= 15 is 0 Å². The van der Waals surface area contributed by atoms with Crippen molar-refractivity contribution in [1.29, 1.82) is 0 Å². The average molecular weight is 490 g/mol. The van der Waals surface area contributed by atoms with Gasteiger partial charge in [0, 0.05) is 12.2 Å². The zero-order valence-corrected chi connectivity index (χ0v) is 20.1. The van der Waals surface area contributed by atoms with Crippen molar-refractivity contribution < 1.29 is 23.9 Å². The lowest BCUT2D eigenvalue weighted by Crippen LogP contribution is -2.45. The lowest BCUT2D eigenvalue weighted by atomic mass is 10.0. The number of carbonyl (C=O) groups is 3. The summed E-state index contributed by atoms with van der Waals surface area (Å²) >= 11 is 0. The normalized spacial score (nSPS) is 15.1. The van der Waals surface area contributed by atoms with Crippen LogP contribution in [0.4, 0.5) is 20.6 Å². The molecule has 0 aliphatic carbocycles. The van der Waals surface area contributed by atoms with Gasteiger partial charge in [-0.3, -0.25) is 4.79 Å². The van der Waals surface area contributed by atoms with Gasteiger partial charge in [0.2, 0.25) is 5.91 Å². The Balaban J connectivity index is 1.41. The van der Waals surface area contributed by atoms with E-state index in [-0.39, 0.29) is 17.3 Å². The van der Waals surface area contributed by atoms with Crippen LogP contribution >= 0.6 is 0 Å². The molecule has 7 nitrogen and oxygen atoms in total. The van der Waals surface area contributed by atoms with E-state index in [9.17, 15) is 18.8 Å². The number of amides is 3. The van der Waals surface area contributed by atoms with Crippen LogP contribution in [0.15, 0.2) is 66.7 Å². The number of nitrogens with one attached hydrogen (secondary N) is 2. The van der Waals surface area contributed by atoms with Gasteiger partial charge in [-0.2, -0.15) is 0 Å². The van der Waals surface area contributed by atoms with Gasteiger partial charge in [-0.25, -0.2) is 14.0 Å². The van der Waals surface area contributed by atoms with Gasteiger partial charge in [-0.1, -0.05) is 44.2 Å². The van der Waals surface area contributed by atoms with E-state index in [0.29, 0.717) is 42.1 Å². The van der Waals surface area contributed by atoms with Crippen LogP contribution in [0.1, 0.15) is 48.5 Å². The van der Waals surface area contributed by atoms with Crippen LogP contribution in [0.3, 0.4) is 0 Å². The van der Waals surface area contributed by atoms with Crippen molar-refractivity contribution in [2.75, 3.05) is 17.2 Å². The molecular formula is C28H28FN3O4. The number of halogens is 1. The fourth-order valence-electron chi connectivity index (χ4n) is 4.25. The van der Waals surface area contributed by atoms with Gasteiger partial charge in [-0.05, 0) is 71.8 Å². The molecule has 3 aromatic carbocycles. The number of hydrogen-bond acceptors (Lipinski definition) is 3. The minimum absolute atomic E-state index is 0.0161. The predicted molar refractivity (Wildman–Crippen MR) is 137 cm³/mol. The number of nitrogens with zero attached hydrogens (tertiary/aromatic N) is 1. The summed E-state index contributed by atoms with van der Waals surface area (Å²) in [5.74, 6) is -1.73. The first-order valence-corrected chi connectivity index (χ1v) is 11.8. The van der Waals surface area contributed by atoms with E-state index in [1.54, 1.807) is 18.2 Å². The summed E-state index contributed by atoms with van der Waals surface area (Å²) in [6, 6.07) is 17.0. The molecular weight excluding hydrogens is 461 g/mol. The van der Waals surface area contributed by atoms with Crippen LogP contribution in [0, 0.1) is 5.82 Å². The molecule has 4 rings (SSSR count). The standard InChI is InChI=1S/C28H28FN3O4/c1-17(2)18-9-12-22(13-10-18)30-28(36)32-15-3-4-25(32)26(33)31-24-14-11-21(16-23(24)29)19-5-7-20(8-6-19)27(34)35/h5-14,16-17,25H,3-4,15H2,1-2H3,(H,30,36)(H,31,33)(H,34,35)/t25-/m0/s1. The summed E-state index contributed by atoms with van der Waals surface area (Å²) in [4.78, 5) is 38.3. The number of carbonyl (C=O) groups excluding carboxylic acids is 2. The molecule has 186 valence electrons. The van der Waals surface area contributed by atoms with E-state index in [1.807, 2.05) is 24.3 Å². The van der Waals surface area contributed by atoms with E-state index in [0.717, 1.165) is 5.56 Å². The Kier molecular flexibility index (Phi) is 7.33. The highest BCUT2D eigenvalue weighted by Gasteiger charge is 2.34. The van der Waals surface area contributed by atoms with Crippen LogP contribution in [-0.4, -0.2) is 40.5 Å². The molecule has 0 aromatic heterocycles. The van der Waals surface area contributed by atoms with E-state index in [4.69, 9.17) is 5.11 Å². The quantitative estimate of drug-likeness (QED) is 0.398. The van der Waals surface area contributed by atoms with Gasteiger partial charge in [0.1, 0.15) is 11.9 Å². The Morgan fingerprint density at radius 3 is 2.22 bits per heavy atom. The third-order valence-electron chi connectivity index (χ3n) is 6.34. The summed E-state index contributed by atoms with van der Waals surface area (Å²) in [5, 5.41) is 14.5. The van der Waals surface area contributed by atoms with E-state index in [2.05, 4.69) is 24.5 Å². The third-order valence-corrected chi connectivity index (χ3v) is 6.34. The van der Waals surface area contributed by atoms with Crippen LogP contribution < -0.4 is 10.6 Å². The molecule has 1 saturated heterocycles. The van der Waals surface area contributed by atoms with Crippen LogP contribution in [-0.2, 0) is 4.79 Å². The first-order valence-electron chi connectivity index (χ1n) is 11.8. The van der Waals surface area contributed by atoms with Gasteiger partial charge in [-0.15, -0.1) is 0 Å². The average Bonchev–Trinajstić information content (AvgIpc) is 3.36. The fraction of sp³-hybridized carbons (Fsp3) is 0.250. The summed E-state index contributed by atoms with van der Waals surface area (Å²) in [5.41, 5.74) is 3.16.